The summed E-state index contributed by atoms with van der Waals surface area (Å²) >= 11 is 0. The number of hydrogen-bond donors (Lipinski definition) is 1. The maximum atomic E-state index is 4.36. The van der Waals surface area contributed by atoms with Crippen molar-refractivity contribution >= 4 is 5.95 Å². The van der Waals surface area contributed by atoms with Gasteiger partial charge in [-0.15, -0.1) is 0 Å². The fourth-order valence-corrected chi connectivity index (χ4v) is 2.93. The molecule has 0 amide bonds. The lowest BCUT2D eigenvalue weighted by Gasteiger charge is -2.36. The molecule has 1 saturated heterocycles. The summed E-state index contributed by atoms with van der Waals surface area (Å²) in [6, 6.07) is 3.07. The van der Waals surface area contributed by atoms with Gasteiger partial charge in [-0.1, -0.05) is 6.92 Å². The van der Waals surface area contributed by atoms with Crippen LogP contribution in [-0.4, -0.2) is 35.1 Å². The van der Waals surface area contributed by atoms with Crippen molar-refractivity contribution in [2.75, 3.05) is 18.0 Å². The lowest BCUT2D eigenvalue weighted by molar-refractivity contribution is 0.311. The maximum absolute atomic E-state index is 4.36. The summed E-state index contributed by atoms with van der Waals surface area (Å²) in [5, 5.41) is 3.82. The predicted molar refractivity (Wildman–Crippen MR) is 77.2 cm³/mol. The average molecular weight is 260 g/mol. The topological polar surface area (TPSA) is 41.0 Å². The van der Waals surface area contributed by atoms with E-state index < -0.39 is 0 Å². The van der Waals surface area contributed by atoms with E-state index in [9.17, 15) is 0 Å². The minimum Gasteiger partial charge on any atom is -0.339 e. The lowest BCUT2D eigenvalue weighted by Crippen LogP contribution is -2.50. The summed E-state index contributed by atoms with van der Waals surface area (Å²) in [5.41, 5.74) is 0.547. The van der Waals surface area contributed by atoms with Gasteiger partial charge in [-0.25, -0.2) is 9.97 Å². The maximum Gasteiger partial charge on any atom is 0.225 e. The normalized spacial score (nSPS) is 27.1. The third-order valence-electron chi connectivity index (χ3n) is 4.83. The van der Waals surface area contributed by atoms with Gasteiger partial charge in [-0.2, -0.15) is 0 Å². The second kappa shape index (κ2) is 5.08. The predicted octanol–water partition coefficient (Wildman–Crippen LogP) is 2.22. The van der Waals surface area contributed by atoms with E-state index >= 15 is 0 Å². The van der Waals surface area contributed by atoms with Crippen LogP contribution in [0.15, 0.2) is 18.5 Å². The number of anilines is 1. The number of hydrogen-bond acceptors (Lipinski definition) is 4. The summed E-state index contributed by atoms with van der Waals surface area (Å²) in [7, 11) is 0. The molecule has 19 heavy (non-hydrogen) atoms. The zero-order valence-electron chi connectivity index (χ0n) is 12.0. The molecule has 104 valence electrons. The molecule has 2 heterocycles. The van der Waals surface area contributed by atoms with Crippen molar-refractivity contribution in [1.82, 2.24) is 15.3 Å². The van der Waals surface area contributed by atoms with Gasteiger partial charge in [0.05, 0.1) is 0 Å². The SMILES string of the molecule is CC(NC1CCCN(c2ncccn2)C1)C1(C)CC1. The molecule has 3 rings (SSSR count). The Labute approximate surface area is 115 Å². The average Bonchev–Trinajstić information content (AvgIpc) is 3.20. The van der Waals surface area contributed by atoms with Gasteiger partial charge >= 0.3 is 0 Å². The van der Waals surface area contributed by atoms with Crippen molar-refractivity contribution < 1.29 is 0 Å². The Bertz CT molecular complexity index is 415. The number of nitrogens with one attached hydrogen (secondary N) is 1. The Morgan fingerprint density at radius 3 is 2.79 bits per heavy atom. The molecule has 2 fully saturated rings. The van der Waals surface area contributed by atoms with Crippen molar-refractivity contribution in [3.63, 3.8) is 0 Å². The summed E-state index contributed by atoms with van der Waals surface area (Å²) in [6.45, 7) is 6.84. The number of piperidine rings is 1. The smallest absolute Gasteiger partial charge is 0.225 e. The molecule has 2 atom stereocenters. The second-order valence-corrected chi connectivity index (χ2v) is 6.38. The van der Waals surface area contributed by atoms with Crippen LogP contribution in [-0.2, 0) is 0 Å². The van der Waals surface area contributed by atoms with Gasteiger partial charge in [0.1, 0.15) is 0 Å². The van der Waals surface area contributed by atoms with Gasteiger partial charge in [-0.05, 0) is 44.1 Å². The molecule has 1 aromatic heterocycles. The van der Waals surface area contributed by atoms with Gasteiger partial charge < -0.3 is 10.2 Å². The molecule has 0 radical (unpaired) electrons. The van der Waals surface area contributed by atoms with Crippen LogP contribution in [0, 0.1) is 5.41 Å². The molecule has 0 spiro atoms. The highest BCUT2D eigenvalue weighted by molar-refractivity contribution is 5.29. The van der Waals surface area contributed by atoms with Crippen molar-refractivity contribution in [3.05, 3.63) is 18.5 Å². The molecule has 1 aromatic rings. The van der Waals surface area contributed by atoms with Crippen LogP contribution < -0.4 is 10.2 Å². The molecule has 1 aliphatic carbocycles. The summed E-state index contributed by atoms with van der Waals surface area (Å²) in [5.74, 6) is 0.874. The zero-order valence-corrected chi connectivity index (χ0v) is 12.0. The highest BCUT2D eigenvalue weighted by Gasteiger charge is 2.43. The van der Waals surface area contributed by atoms with E-state index in [1.807, 2.05) is 18.5 Å². The Morgan fingerprint density at radius 1 is 1.37 bits per heavy atom. The van der Waals surface area contributed by atoms with Crippen molar-refractivity contribution in [2.45, 2.75) is 51.6 Å². The van der Waals surface area contributed by atoms with E-state index in [0.717, 1.165) is 19.0 Å². The van der Waals surface area contributed by atoms with Crippen molar-refractivity contribution in [2.24, 2.45) is 5.41 Å². The largest absolute Gasteiger partial charge is 0.339 e. The van der Waals surface area contributed by atoms with Crippen LogP contribution in [0.5, 0.6) is 0 Å². The van der Waals surface area contributed by atoms with E-state index in [4.69, 9.17) is 0 Å². The molecule has 2 aliphatic rings. The molecule has 0 bridgehead atoms. The van der Waals surface area contributed by atoms with Gasteiger partial charge in [0.25, 0.3) is 0 Å². The summed E-state index contributed by atoms with van der Waals surface area (Å²) in [4.78, 5) is 11.0. The monoisotopic (exact) mass is 260 g/mol. The standard InChI is InChI=1S/C15H24N4/c1-12(15(2)6-7-15)18-13-5-3-10-19(11-13)14-16-8-4-9-17-14/h4,8-9,12-13,18H,3,5-7,10-11H2,1-2H3. The van der Waals surface area contributed by atoms with E-state index in [2.05, 4.69) is 34.0 Å². The first-order valence-corrected chi connectivity index (χ1v) is 7.45. The second-order valence-electron chi connectivity index (χ2n) is 6.38. The Balaban J connectivity index is 1.59. The first-order chi connectivity index (χ1) is 9.17. The molecule has 4 heteroatoms. The van der Waals surface area contributed by atoms with E-state index in [1.165, 1.54) is 25.7 Å². The number of nitrogens with zero attached hydrogens (tertiary/aromatic N) is 3. The minimum atomic E-state index is 0.547. The molecular weight excluding hydrogens is 236 g/mol. The highest BCUT2D eigenvalue weighted by Crippen LogP contribution is 2.48. The zero-order chi connectivity index (χ0) is 13.3. The Hall–Kier alpha value is -1.16. The van der Waals surface area contributed by atoms with Gasteiger partial charge in [0, 0.05) is 37.6 Å². The molecular formula is C15H24N4. The number of rotatable bonds is 4. The minimum absolute atomic E-state index is 0.547. The molecule has 1 saturated carbocycles. The highest BCUT2D eigenvalue weighted by atomic mass is 15.3. The van der Waals surface area contributed by atoms with E-state index in [0.29, 0.717) is 17.5 Å². The van der Waals surface area contributed by atoms with Crippen LogP contribution in [0.3, 0.4) is 0 Å². The first-order valence-electron chi connectivity index (χ1n) is 7.45. The molecule has 1 N–H and O–H groups in total. The van der Waals surface area contributed by atoms with Gasteiger partial charge in [0.2, 0.25) is 5.95 Å². The third-order valence-corrected chi connectivity index (χ3v) is 4.83. The summed E-state index contributed by atoms with van der Waals surface area (Å²) in [6.07, 6.45) is 8.89. The first kappa shape index (κ1) is 12.9. The van der Waals surface area contributed by atoms with Crippen LogP contribution in [0.1, 0.15) is 39.5 Å². The van der Waals surface area contributed by atoms with Crippen LogP contribution in [0.4, 0.5) is 5.95 Å². The lowest BCUT2D eigenvalue weighted by atomic mass is 9.97. The molecule has 1 aliphatic heterocycles. The molecule has 4 nitrogen and oxygen atoms in total. The third kappa shape index (κ3) is 2.89. The van der Waals surface area contributed by atoms with Gasteiger partial charge in [-0.3, -0.25) is 0 Å². The Kier molecular flexibility index (Phi) is 3.44. The van der Waals surface area contributed by atoms with Crippen LogP contribution in [0.25, 0.3) is 0 Å². The van der Waals surface area contributed by atoms with Crippen LogP contribution >= 0.6 is 0 Å². The summed E-state index contributed by atoms with van der Waals surface area (Å²) < 4.78 is 0. The van der Waals surface area contributed by atoms with Crippen LogP contribution in [0.2, 0.25) is 0 Å². The van der Waals surface area contributed by atoms with Gasteiger partial charge in [0.15, 0.2) is 0 Å². The van der Waals surface area contributed by atoms with E-state index in [1.54, 1.807) is 0 Å². The number of aromatic nitrogens is 2. The fraction of sp³-hybridized carbons (Fsp3) is 0.733. The van der Waals surface area contributed by atoms with E-state index in [-0.39, 0.29) is 0 Å². The van der Waals surface area contributed by atoms with Crippen molar-refractivity contribution in [1.29, 1.82) is 0 Å². The molecule has 2 unspecified atom stereocenters. The van der Waals surface area contributed by atoms with Crippen molar-refractivity contribution in [3.8, 4) is 0 Å². The quantitative estimate of drug-likeness (QED) is 0.901. The fourth-order valence-electron chi connectivity index (χ4n) is 2.93. The Morgan fingerprint density at radius 2 is 2.11 bits per heavy atom. The molecule has 0 aromatic carbocycles.